The molecule has 0 aliphatic carbocycles. The van der Waals surface area contributed by atoms with Crippen LogP contribution in [0, 0.1) is 5.92 Å². The van der Waals surface area contributed by atoms with Gasteiger partial charge in [0.05, 0.1) is 6.10 Å². The molecule has 0 saturated carbocycles. The second-order valence-electron chi connectivity index (χ2n) is 5.20. The number of likely N-dealkylation sites (tertiary alicyclic amines) is 1. The van der Waals surface area contributed by atoms with Gasteiger partial charge in [0.2, 0.25) is 0 Å². The first-order valence-corrected chi connectivity index (χ1v) is 6.12. The number of nitrogens with zero attached hydrogens (tertiary/aromatic N) is 1. The molecule has 0 bridgehead atoms. The third-order valence-corrected chi connectivity index (χ3v) is 3.58. The summed E-state index contributed by atoms with van der Waals surface area (Å²) >= 11 is 0. The lowest BCUT2D eigenvalue weighted by atomic mass is 9.90. The zero-order valence-corrected chi connectivity index (χ0v) is 10.5. The van der Waals surface area contributed by atoms with E-state index in [4.69, 9.17) is 0 Å². The van der Waals surface area contributed by atoms with Crippen LogP contribution >= 0.6 is 0 Å². The summed E-state index contributed by atoms with van der Waals surface area (Å²) in [7, 11) is 2.20. The quantitative estimate of drug-likeness (QED) is 0.735. The van der Waals surface area contributed by atoms with Gasteiger partial charge in [-0.05, 0) is 46.2 Å². The van der Waals surface area contributed by atoms with Crippen molar-refractivity contribution in [3.05, 3.63) is 0 Å². The van der Waals surface area contributed by atoms with E-state index >= 15 is 0 Å². The van der Waals surface area contributed by atoms with E-state index in [2.05, 4.69) is 31.1 Å². The predicted octanol–water partition coefficient (Wildman–Crippen LogP) is 1.08. The minimum absolute atomic E-state index is 0.184. The SMILES string of the molecule is CC(O)CCNC1CC(C)N(C)CC1C. The Labute approximate surface area is 93.9 Å². The highest BCUT2D eigenvalue weighted by Gasteiger charge is 2.28. The lowest BCUT2D eigenvalue weighted by molar-refractivity contribution is 0.117. The van der Waals surface area contributed by atoms with E-state index in [9.17, 15) is 5.11 Å². The molecule has 90 valence electrons. The summed E-state index contributed by atoms with van der Waals surface area (Å²) in [5, 5.41) is 12.8. The molecule has 2 N–H and O–H groups in total. The third kappa shape index (κ3) is 4.09. The summed E-state index contributed by atoms with van der Waals surface area (Å²) in [5.41, 5.74) is 0. The molecule has 3 heteroatoms. The molecule has 0 aromatic rings. The van der Waals surface area contributed by atoms with Crippen molar-refractivity contribution in [3.63, 3.8) is 0 Å². The number of rotatable bonds is 4. The molecule has 0 aromatic carbocycles. The summed E-state index contributed by atoms with van der Waals surface area (Å²) in [6, 6.07) is 1.29. The average molecular weight is 214 g/mol. The van der Waals surface area contributed by atoms with E-state index in [0.29, 0.717) is 18.0 Å². The van der Waals surface area contributed by atoms with E-state index in [1.165, 1.54) is 13.0 Å². The van der Waals surface area contributed by atoms with Gasteiger partial charge in [0.1, 0.15) is 0 Å². The van der Waals surface area contributed by atoms with Crippen molar-refractivity contribution in [1.29, 1.82) is 0 Å². The third-order valence-electron chi connectivity index (χ3n) is 3.58. The van der Waals surface area contributed by atoms with Crippen LogP contribution in [0.4, 0.5) is 0 Å². The van der Waals surface area contributed by atoms with Gasteiger partial charge in [-0.15, -0.1) is 0 Å². The molecule has 1 fully saturated rings. The Morgan fingerprint density at radius 3 is 2.73 bits per heavy atom. The van der Waals surface area contributed by atoms with Crippen LogP contribution in [0.5, 0.6) is 0 Å². The lowest BCUT2D eigenvalue weighted by Crippen LogP contribution is -2.51. The second-order valence-corrected chi connectivity index (χ2v) is 5.20. The normalized spacial score (nSPS) is 35.4. The lowest BCUT2D eigenvalue weighted by Gasteiger charge is -2.40. The molecule has 0 spiro atoms. The summed E-state index contributed by atoms with van der Waals surface area (Å²) in [4.78, 5) is 2.43. The Balaban J connectivity index is 2.28. The van der Waals surface area contributed by atoms with E-state index in [0.717, 1.165) is 13.0 Å². The van der Waals surface area contributed by atoms with E-state index in [1.807, 2.05) is 6.92 Å². The maximum absolute atomic E-state index is 9.19. The monoisotopic (exact) mass is 214 g/mol. The number of aliphatic hydroxyl groups excluding tert-OH is 1. The topological polar surface area (TPSA) is 35.5 Å². The van der Waals surface area contributed by atoms with Crippen molar-refractivity contribution in [2.24, 2.45) is 5.92 Å². The van der Waals surface area contributed by atoms with Crippen LogP contribution in [0.1, 0.15) is 33.6 Å². The zero-order chi connectivity index (χ0) is 11.4. The first-order valence-electron chi connectivity index (χ1n) is 6.12. The fourth-order valence-corrected chi connectivity index (χ4v) is 2.30. The van der Waals surface area contributed by atoms with Crippen molar-refractivity contribution in [2.75, 3.05) is 20.1 Å². The smallest absolute Gasteiger partial charge is 0.0524 e. The highest BCUT2D eigenvalue weighted by atomic mass is 16.3. The minimum atomic E-state index is -0.184. The summed E-state index contributed by atoms with van der Waals surface area (Å²) in [5.74, 6) is 0.709. The number of hydrogen-bond donors (Lipinski definition) is 2. The molecule has 4 atom stereocenters. The molecule has 15 heavy (non-hydrogen) atoms. The van der Waals surface area contributed by atoms with Crippen LogP contribution in [0.3, 0.4) is 0 Å². The Morgan fingerprint density at radius 2 is 2.13 bits per heavy atom. The van der Waals surface area contributed by atoms with Gasteiger partial charge in [0.25, 0.3) is 0 Å². The van der Waals surface area contributed by atoms with Crippen molar-refractivity contribution in [1.82, 2.24) is 10.2 Å². The number of aliphatic hydroxyl groups is 1. The molecular formula is C12H26N2O. The van der Waals surface area contributed by atoms with Gasteiger partial charge in [-0.3, -0.25) is 0 Å². The molecule has 1 aliphatic rings. The fourth-order valence-electron chi connectivity index (χ4n) is 2.30. The standard InChI is InChI=1S/C12H26N2O/c1-9-8-14(4)10(2)7-12(9)13-6-5-11(3)15/h9-13,15H,5-8H2,1-4H3. The van der Waals surface area contributed by atoms with Crippen LogP contribution in [0.15, 0.2) is 0 Å². The summed E-state index contributed by atoms with van der Waals surface area (Å²) < 4.78 is 0. The molecular weight excluding hydrogens is 188 g/mol. The van der Waals surface area contributed by atoms with E-state index in [1.54, 1.807) is 0 Å². The van der Waals surface area contributed by atoms with Crippen LogP contribution in [-0.2, 0) is 0 Å². The number of nitrogens with one attached hydrogen (secondary N) is 1. The van der Waals surface area contributed by atoms with Gasteiger partial charge in [-0.1, -0.05) is 6.92 Å². The van der Waals surface area contributed by atoms with E-state index in [-0.39, 0.29) is 6.10 Å². The van der Waals surface area contributed by atoms with Gasteiger partial charge in [-0.2, -0.15) is 0 Å². The molecule has 0 radical (unpaired) electrons. The summed E-state index contributed by atoms with van der Waals surface area (Å²) in [6.45, 7) is 8.55. The van der Waals surface area contributed by atoms with Gasteiger partial charge >= 0.3 is 0 Å². The molecule has 1 saturated heterocycles. The first-order chi connectivity index (χ1) is 7.00. The van der Waals surface area contributed by atoms with Crippen LogP contribution in [0.2, 0.25) is 0 Å². The maximum Gasteiger partial charge on any atom is 0.0524 e. The first kappa shape index (κ1) is 12.9. The molecule has 0 amide bonds. The molecule has 1 aliphatic heterocycles. The van der Waals surface area contributed by atoms with Crippen LogP contribution in [0.25, 0.3) is 0 Å². The molecule has 3 nitrogen and oxygen atoms in total. The minimum Gasteiger partial charge on any atom is -0.393 e. The van der Waals surface area contributed by atoms with Crippen molar-refractivity contribution in [2.45, 2.75) is 51.8 Å². The molecule has 0 aromatic heterocycles. The van der Waals surface area contributed by atoms with Crippen molar-refractivity contribution < 1.29 is 5.11 Å². The van der Waals surface area contributed by atoms with Gasteiger partial charge < -0.3 is 15.3 Å². The maximum atomic E-state index is 9.19. The second kappa shape index (κ2) is 5.83. The molecule has 4 unspecified atom stereocenters. The van der Waals surface area contributed by atoms with Crippen molar-refractivity contribution in [3.8, 4) is 0 Å². The Hall–Kier alpha value is -0.120. The number of piperidine rings is 1. The molecule has 1 rings (SSSR count). The summed E-state index contributed by atoms with van der Waals surface area (Å²) in [6.07, 6.45) is 1.89. The van der Waals surface area contributed by atoms with Gasteiger partial charge in [-0.25, -0.2) is 0 Å². The van der Waals surface area contributed by atoms with Gasteiger partial charge in [0, 0.05) is 18.6 Å². The van der Waals surface area contributed by atoms with E-state index < -0.39 is 0 Å². The van der Waals surface area contributed by atoms with Crippen molar-refractivity contribution >= 4 is 0 Å². The predicted molar refractivity (Wildman–Crippen MR) is 64.0 cm³/mol. The largest absolute Gasteiger partial charge is 0.393 e. The Kier molecular flexibility index (Phi) is 5.03. The highest BCUT2D eigenvalue weighted by molar-refractivity contribution is 4.85. The highest BCUT2D eigenvalue weighted by Crippen LogP contribution is 2.20. The zero-order valence-electron chi connectivity index (χ0n) is 10.5. The van der Waals surface area contributed by atoms with Gasteiger partial charge in [0.15, 0.2) is 0 Å². The average Bonchev–Trinajstić information content (AvgIpc) is 2.13. The number of hydrogen-bond acceptors (Lipinski definition) is 3. The molecule has 1 heterocycles. The Bertz CT molecular complexity index is 184. The van der Waals surface area contributed by atoms with Crippen LogP contribution < -0.4 is 5.32 Å². The van der Waals surface area contributed by atoms with Crippen LogP contribution in [-0.4, -0.2) is 48.3 Å². The Morgan fingerprint density at radius 1 is 1.47 bits per heavy atom. The fraction of sp³-hybridized carbons (Fsp3) is 1.00.